The molecule has 0 saturated carbocycles. The van der Waals surface area contributed by atoms with Gasteiger partial charge in [0.05, 0.1) is 18.8 Å². The van der Waals surface area contributed by atoms with Crippen molar-refractivity contribution in [3.8, 4) is 0 Å². The van der Waals surface area contributed by atoms with Gasteiger partial charge in [-0.2, -0.15) is 12.6 Å². The number of hydrogen-bond donors (Lipinski definition) is 1. The molecular weight excluding hydrogens is 174 g/mol. The van der Waals surface area contributed by atoms with E-state index < -0.39 is 0 Å². The van der Waals surface area contributed by atoms with E-state index in [9.17, 15) is 4.79 Å². The van der Waals surface area contributed by atoms with Crippen LogP contribution in [-0.2, 0) is 9.53 Å². The highest BCUT2D eigenvalue weighted by atomic mass is 32.1. The molecule has 0 unspecified atom stereocenters. The maximum Gasteiger partial charge on any atom is 0.232 e. The first kappa shape index (κ1) is 9.45. The molecular formula is C8H13NO2S. The Morgan fingerprint density at radius 2 is 2.58 bits per heavy atom. The summed E-state index contributed by atoms with van der Waals surface area (Å²) >= 11 is 3.92. The topological polar surface area (TPSA) is 29.5 Å². The fraction of sp³-hybridized carbons (Fsp3) is 0.625. The lowest BCUT2D eigenvalue weighted by Crippen LogP contribution is -2.43. The molecule has 0 aliphatic carbocycles. The van der Waals surface area contributed by atoms with E-state index in [0.29, 0.717) is 18.8 Å². The van der Waals surface area contributed by atoms with Crippen molar-refractivity contribution >= 4 is 18.5 Å². The minimum absolute atomic E-state index is 0.0367. The number of amides is 1. The largest absolute Gasteiger partial charge is 0.492 e. The Bertz CT molecular complexity index is 205. The highest BCUT2D eigenvalue weighted by Gasteiger charge is 2.22. The van der Waals surface area contributed by atoms with Crippen molar-refractivity contribution < 1.29 is 9.53 Å². The van der Waals surface area contributed by atoms with E-state index in [1.165, 1.54) is 0 Å². The predicted octanol–water partition coefficient (Wildman–Crippen LogP) is 0.677. The molecule has 4 heteroatoms. The maximum absolute atomic E-state index is 11.2. The lowest BCUT2D eigenvalue weighted by molar-refractivity contribution is -0.132. The van der Waals surface area contributed by atoms with Gasteiger partial charge in [0.25, 0.3) is 0 Å². The summed E-state index contributed by atoms with van der Waals surface area (Å²) in [5.74, 6) is 0.943. The molecule has 1 aliphatic rings. The molecule has 1 aliphatic heterocycles. The molecule has 0 bridgehead atoms. The average Bonchev–Trinajstić information content (AvgIpc) is 2.01. The summed E-state index contributed by atoms with van der Waals surface area (Å²) in [6.07, 6.45) is 0.0510. The third-order valence-electron chi connectivity index (χ3n) is 1.70. The molecule has 1 saturated heterocycles. The molecule has 0 aromatic heterocycles. The van der Waals surface area contributed by atoms with Crippen LogP contribution in [0.1, 0.15) is 6.92 Å². The summed E-state index contributed by atoms with van der Waals surface area (Å²) < 4.78 is 5.30. The number of ether oxygens (including phenoxy) is 1. The number of morpholine rings is 1. The van der Waals surface area contributed by atoms with E-state index in [1.54, 1.807) is 4.90 Å². The van der Waals surface area contributed by atoms with Gasteiger partial charge < -0.3 is 9.64 Å². The first-order chi connectivity index (χ1) is 5.63. The number of carbonyl (C=O) groups is 1. The van der Waals surface area contributed by atoms with Crippen molar-refractivity contribution in [2.24, 2.45) is 0 Å². The Morgan fingerprint density at radius 3 is 3.08 bits per heavy atom. The van der Waals surface area contributed by atoms with Crippen LogP contribution in [0.4, 0.5) is 0 Å². The van der Waals surface area contributed by atoms with Crippen LogP contribution in [-0.4, -0.2) is 35.8 Å². The quantitative estimate of drug-likeness (QED) is 0.612. The number of nitrogens with zero attached hydrogens (tertiary/aromatic N) is 1. The van der Waals surface area contributed by atoms with Crippen LogP contribution in [0.2, 0.25) is 0 Å². The summed E-state index contributed by atoms with van der Waals surface area (Å²) in [5.41, 5.74) is 0. The van der Waals surface area contributed by atoms with Crippen molar-refractivity contribution in [3.63, 3.8) is 0 Å². The fourth-order valence-electron chi connectivity index (χ4n) is 1.24. The standard InChI is InChI=1S/C8H13NO2S/c1-6-3-9(8(10)5-12)4-7(2)11-6/h7,12H,1,3-5H2,2H3/t7-/m1/s1. The molecule has 0 aromatic carbocycles. The number of carbonyl (C=O) groups excluding carboxylic acids is 1. The van der Waals surface area contributed by atoms with E-state index in [-0.39, 0.29) is 17.8 Å². The van der Waals surface area contributed by atoms with Crippen molar-refractivity contribution in [2.45, 2.75) is 13.0 Å². The monoisotopic (exact) mass is 187 g/mol. The van der Waals surface area contributed by atoms with Crippen LogP contribution in [0, 0.1) is 0 Å². The van der Waals surface area contributed by atoms with Crippen molar-refractivity contribution in [2.75, 3.05) is 18.8 Å². The SMILES string of the molecule is C=C1CN(C(=O)CS)C[C@@H](C)O1. The second-order valence-corrected chi connectivity index (χ2v) is 3.22. The lowest BCUT2D eigenvalue weighted by Gasteiger charge is -2.32. The highest BCUT2D eigenvalue weighted by Crippen LogP contribution is 2.12. The fourth-order valence-corrected chi connectivity index (χ4v) is 1.44. The van der Waals surface area contributed by atoms with Crippen LogP contribution in [0.3, 0.4) is 0 Å². The molecule has 12 heavy (non-hydrogen) atoms. The third kappa shape index (κ3) is 2.17. The Balaban J connectivity index is 2.55. The molecule has 1 atom stereocenters. The van der Waals surface area contributed by atoms with Gasteiger partial charge in [-0.3, -0.25) is 4.79 Å². The van der Waals surface area contributed by atoms with Crippen LogP contribution >= 0.6 is 12.6 Å². The molecule has 0 aromatic rings. The van der Waals surface area contributed by atoms with E-state index in [0.717, 1.165) is 0 Å². The van der Waals surface area contributed by atoms with Gasteiger partial charge in [0, 0.05) is 0 Å². The summed E-state index contributed by atoms with van der Waals surface area (Å²) in [5, 5.41) is 0. The molecule has 1 heterocycles. The number of thiol groups is 1. The van der Waals surface area contributed by atoms with Gasteiger partial charge in [0.2, 0.25) is 5.91 Å². The summed E-state index contributed by atoms with van der Waals surface area (Å²) in [6, 6.07) is 0. The van der Waals surface area contributed by atoms with E-state index >= 15 is 0 Å². The zero-order valence-corrected chi connectivity index (χ0v) is 8.01. The van der Waals surface area contributed by atoms with Gasteiger partial charge in [0.1, 0.15) is 11.9 Å². The minimum Gasteiger partial charge on any atom is -0.492 e. The predicted molar refractivity (Wildman–Crippen MR) is 50.1 cm³/mol. The molecule has 1 amide bonds. The zero-order chi connectivity index (χ0) is 9.14. The molecule has 0 N–H and O–H groups in total. The van der Waals surface area contributed by atoms with E-state index in [2.05, 4.69) is 19.2 Å². The molecule has 1 rings (SSSR count). The van der Waals surface area contributed by atoms with Gasteiger partial charge in [0.15, 0.2) is 0 Å². The normalized spacial score (nSPS) is 23.7. The Hall–Kier alpha value is -0.640. The summed E-state index contributed by atoms with van der Waals surface area (Å²) in [7, 11) is 0. The van der Waals surface area contributed by atoms with Gasteiger partial charge in [-0.05, 0) is 6.92 Å². The van der Waals surface area contributed by atoms with Crippen LogP contribution in [0.5, 0.6) is 0 Å². The van der Waals surface area contributed by atoms with Crippen LogP contribution in [0.25, 0.3) is 0 Å². The smallest absolute Gasteiger partial charge is 0.232 e. The highest BCUT2D eigenvalue weighted by molar-refractivity contribution is 7.81. The van der Waals surface area contributed by atoms with Crippen molar-refractivity contribution in [1.82, 2.24) is 4.90 Å². The van der Waals surface area contributed by atoms with Crippen molar-refractivity contribution in [3.05, 3.63) is 12.3 Å². The molecule has 3 nitrogen and oxygen atoms in total. The first-order valence-electron chi connectivity index (χ1n) is 3.86. The minimum atomic E-state index is 0.0367. The number of hydrogen-bond acceptors (Lipinski definition) is 3. The Kier molecular flexibility index (Phi) is 3.03. The molecule has 0 radical (unpaired) electrons. The Morgan fingerprint density at radius 1 is 1.92 bits per heavy atom. The third-order valence-corrected chi connectivity index (χ3v) is 1.97. The van der Waals surface area contributed by atoms with Crippen LogP contribution < -0.4 is 0 Å². The average molecular weight is 187 g/mol. The molecule has 68 valence electrons. The first-order valence-corrected chi connectivity index (χ1v) is 4.49. The lowest BCUT2D eigenvalue weighted by atomic mass is 10.3. The zero-order valence-electron chi connectivity index (χ0n) is 7.12. The van der Waals surface area contributed by atoms with E-state index in [4.69, 9.17) is 4.74 Å². The Labute approximate surface area is 77.8 Å². The second-order valence-electron chi connectivity index (χ2n) is 2.90. The second kappa shape index (κ2) is 3.85. The van der Waals surface area contributed by atoms with Gasteiger partial charge in [-0.15, -0.1) is 0 Å². The van der Waals surface area contributed by atoms with Crippen molar-refractivity contribution in [1.29, 1.82) is 0 Å². The maximum atomic E-state index is 11.2. The van der Waals surface area contributed by atoms with Gasteiger partial charge in [-0.25, -0.2) is 0 Å². The van der Waals surface area contributed by atoms with Gasteiger partial charge >= 0.3 is 0 Å². The number of rotatable bonds is 1. The molecule has 1 fully saturated rings. The summed E-state index contributed by atoms with van der Waals surface area (Å²) in [4.78, 5) is 12.9. The van der Waals surface area contributed by atoms with Crippen LogP contribution in [0.15, 0.2) is 12.3 Å². The van der Waals surface area contributed by atoms with Gasteiger partial charge in [-0.1, -0.05) is 6.58 Å². The summed E-state index contributed by atoms with van der Waals surface area (Å²) in [6.45, 7) is 6.75. The molecule has 0 spiro atoms. The van der Waals surface area contributed by atoms with E-state index in [1.807, 2.05) is 6.92 Å².